The van der Waals surface area contributed by atoms with Gasteiger partial charge in [0.05, 0.1) is 132 Å². The second-order valence-electron chi connectivity index (χ2n) is 11.4. The van der Waals surface area contributed by atoms with Gasteiger partial charge in [-0.25, -0.2) is 4.68 Å². The lowest BCUT2D eigenvalue weighted by Crippen LogP contribution is -2.29. The Kier molecular flexibility index (Phi) is 22.3. The maximum absolute atomic E-state index is 11.6. The molecule has 264 valence electrons. The van der Waals surface area contributed by atoms with Crippen molar-refractivity contribution in [2.24, 2.45) is 5.41 Å². The molecule has 2 rings (SSSR count). The fourth-order valence-corrected chi connectivity index (χ4v) is 3.67. The Morgan fingerprint density at radius 2 is 0.891 bits per heavy atom. The number of rotatable bonds is 31. The summed E-state index contributed by atoms with van der Waals surface area (Å²) in [5.41, 5.74) is 0.833. The molecule has 0 unspecified atom stereocenters. The number of ether oxygens (including phenoxy) is 9. The van der Waals surface area contributed by atoms with E-state index in [1.807, 2.05) is 0 Å². The van der Waals surface area contributed by atoms with E-state index in [0.29, 0.717) is 130 Å². The molecule has 1 aliphatic rings. The molecule has 1 aliphatic heterocycles. The quantitative estimate of drug-likeness (QED) is 0.0833. The van der Waals surface area contributed by atoms with Gasteiger partial charge in [0.1, 0.15) is 5.69 Å². The van der Waals surface area contributed by atoms with E-state index >= 15 is 0 Å². The molecular weight excluding hydrogens is 604 g/mol. The molecule has 0 saturated heterocycles. The maximum atomic E-state index is 11.6. The molecule has 15 heteroatoms. The highest BCUT2D eigenvalue weighted by Gasteiger charge is 2.24. The summed E-state index contributed by atoms with van der Waals surface area (Å²) < 4.78 is 51.1. The third-order valence-electron chi connectivity index (χ3n) is 6.24. The zero-order valence-corrected chi connectivity index (χ0v) is 27.9. The lowest BCUT2D eigenvalue weighted by Gasteiger charge is -2.17. The van der Waals surface area contributed by atoms with Gasteiger partial charge >= 0.3 is 0 Å². The summed E-state index contributed by atoms with van der Waals surface area (Å²) in [5.74, 6) is -0.692. The monoisotopic (exact) mass is 658 g/mol. The van der Waals surface area contributed by atoms with Gasteiger partial charge in [0.2, 0.25) is 0 Å². The van der Waals surface area contributed by atoms with Gasteiger partial charge in [-0.1, -0.05) is 26.0 Å². The minimum Gasteiger partial charge on any atom is -0.379 e. The van der Waals surface area contributed by atoms with Crippen LogP contribution < -0.4 is 0 Å². The minimum absolute atomic E-state index is 0.100. The minimum atomic E-state index is -0.346. The van der Waals surface area contributed by atoms with Crippen LogP contribution in [0.1, 0.15) is 32.9 Å². The summed E-state index contributed by atoms with van der Waals surface area (Å²) in [4.78, 5) is 24.3. The smallest absolute Gasteiger partial charge is 0.253 e. The molecule has 1 aromatic heterocycles. The van der Waals surface area contributed by atoms with Gasteiger partial charge in [-0.05, 0) is 11.8 Å². The molecule has 15 nitrogen and oxygen atoms in total. The van der Waals surface area contributed by atoms with E-state index < -0.39 is 0 Å². The van der Waals surface area contributed by atoms with Crippen molar-refractivity contribution < 1.29 is 52.2 Å². The van der Waals surface area contributed by atoms with Crippen LogP contribution >= 0.6 is 0 Å². The number of carbonyl (C=O) groups is 2. The summed E-state index contributed by atoms with van der Waals surface area (Å²) in [6.45, 7) is 16.5. The van der Waals surface area contributed by atoms with Crippen LogP contribution in [0.3, 0.4) is 0 Å². The number of aromatic nitrogens is 3. The van der Waals surface area contributed by atoms with E-state index in [1.165, 1.54) is 12.2 Å². The van der Waals surface area contributed by atoms with Gasteiger partial charge in [-0.15, -0.1) is 5.10 Å². The first-order chi connectivity index (χ1) is 22.3. The van der Waals surface area contributed by atoms with Crippen molar-refractivity contribution in [1.29, 1.82) is 0 Å². The van der Waals surface area contributed by atoms with E-state index in [-0.39, 0.29) is 18.4 Å². The van der Waals surface area contributed by atoms with Gasteiger partial charge in [0, 0.05) is 18.8 Å². The maximum Gasteiger partial charge on any atom is 0.253 e. The van der Waals surface area contributed by atoms with Crippen molar-refractivity contribution >= 4 is 11.8 Å². The summed E-state index contributed by atoms with van der Waals surface area (Å²) in [7, 11) is 0. The van der Waals surface area contributed by atoms with Crippen LogP contribution in [0.4, 0.5) is 0 Å². The van der Waals surface area contributed by atoms with Crippen LogP contribution in [0.5, 0.6) is 0 Å². The van der Waals surface area contributed by atoms with Gasteiger partial charge in [-0.3, -0.25) is 14.5 Å². The number of nitrogens with zero attached hydrogens (tertiary/aromatic N) is 4. The first-order valence-corrected chi connectivity index (χ1v) is 16.0. The number of hydrogen-bond donors (Lipinski definition) is 0. The van der Waals surface area contributed by atoms with E-state index in [9.17, 15) is 9.59 Å². The summed E-state index contributed by atoms with van der Waals surface area (Å²) in [6.07, 6.45) is 5.21. The first kappa shape index (κ1) is 39.8. The van der Waals surface area contributed by atoms with Crippen LogP contribution in [-0.4, -0.2) is 151 Å². The SMILES string of the molecule is CC(C)(C)CCOCCOCCOCCOCCOCCOCCOCCOCCOCCn1cc(CN2C(=O)C=CC2=O)nn1. The Labute approximate surface area is 272 Å². The van der Waals surface area contributed by atoms with Crippen LogP contribution in [0, 0.1) is 5.41 Å². The Hall–Kier alpha value is -2.34. The largest absolute Gasteiger partial charge is 0.379 e. The fourth-order valence-electron chi connectivity index (χ4n) is 3.67. The molecule has 0 bridgehead atoms. The zero-order valence-electron chi connectivity index (χ0n) is 27.9. The Morgan fingerprint density at radius 1 is 0.543 bits per heavy atom. The van der Waals surface area contributed by atoms with Gasteiger partial charge < -0.3 is 42.6 Å². The second kappa shape index (κ2) is 25.7. The topological polar surface area (TPSA) is 151 Å². The average molecular weight is 659 g/mol. The van der Waals surface area contributed by atoms with Crippen molar-refractivity contribution in [3.05, 3.63) is 24.0 Å². The summed E-state index contributed by atoms with van der Waals surface area (Å²) >= 11 is 0. The second-order valence-corrected chi connectivity index (χ2v) is 11.4. The molecule has 0 saturated carbocycles. The summed E-state index contributed by atoms with van der Waals surface area (Å²) in [6, 6.07) is 0. The molecule has 46 heavy (non-hydrogen) atoms. The highest BCUT2D eigenvalue weighted by Crippen LogP contribution is 2.17. The van der Waals surface area contributed by atoms with E-state index in [0.717, 1.165) is 17.9 Å². The standard InChI is InChI=1S/C31H54N4O11/c1-31(2,3)6-8-38-10-12-40-14-16-42-18-20-44-22-24-46-25-23-45-21-19-43-17-15-41-13-11-39-9-7-34-26-28(32-33-34)27-35-29(36)4-5-30(35)37/h4-5,26H,6-25,27H2,1-3H3. The van der Waals surface area contributed by atoms with Crippen molar-refractivity contribution in [3.8, 4) is 0 Å². The number of imide groups is 1. The van der Waals surface area contributed by atoms with Crippen LogP contribution in [0.25, 0.3) is 0 Å². The van der Waals surface area contributed by atoms with Crippen molar-refractivity contribution in [2.75, 3.05) is 119 Å². The normalized spacial score (nSPS) is 13.5. The summed E-state index contributed by atoms with van der Waals surface area (Å²) in [5, 5.41) is 7.97. The molecule has 0 fully saturated rings. The highest BCUT2D eigenvalue weighted by atomic mass is 16.6. The third kappa shape index (κ3) is 21.5. The zero-order chi connectivity index (χ0) is 33.1. The van der Waals surface area contributed by atoms with Crippen molar-refractivity contribution in [1.82, 2.24) is 19.9 Å². The molecular formula is C31H54N4O11. The van der Waals surface area contributed by atoms with Crippen molar-refractivity contribution in [2.45, 2.75) is 40.3 Å². The van der Waals surface area contributed by atoms with Gasteiger partial charge in [0.15, 0.2) is 0 Å². The number of hydrogen-bond acceptors (Lipinski definition) is 13. The van der Waals surface area contributed by atoms with Gasteiger partial charge in [0.25, 0.3) is 11.8 Å². The molecule has 2 amide bonds. The molecule has 0 aromatic carbocycles. The van der Waals surface area contributed by atoms with Crippen molar-refractivity contribution in [3.63, 3.8) is 0 Å². The fraction of sp³-hybridized carbons (Fsp3) is 0.806. The van der Waals surface area contributed by atoms with Crippen LogP contribution in [0.15, 0.2) is 18.3 Å². The molecule has 0 radical (unpaired) electrons. The van der Waals surface area contributed by atoms with E-state index in [2.05, 4.69) is 31.1 Å². The predicted octanol–water partition coefficient (Wildman–Crippen LogP) is 1.29. The highest BCUT2D eigenvalue weighted by molar-refractivity contribution is 6.12. The third-order valence-corrected chi connectivity index (χ3v) is 6.24. The molecule has 2 heterocycles. The molecule has 0 atom stereocenters. The lowest BCUT2D eigenvalue weighted by atomic mass is 9.93. The molecule has 1 aromatic rings. The number of amides is 2. The molecule has 0 spiro atoms. The van der Waals surface area contributed by atoms with Crippen LogP contribution in [-0.2, 0) is 65.3 Å². The Bertz CT molecular complexity index is 937. The van der Waals surface area contributed by atoms with Gasteiger partial charge in [-0.2, -0.15) is 0 Å². The molecule has 0 aliphatic carbocycles. The van der Waals surface area contributed by atoms with Crippen LogP contribution in [0.2, 0.25) is 0 Å². The Balaban J connectivity index is 1.21. The lowest BCUT2D eigenvalue weighted by molar-refractivity contribution is -0.137. The number of carbonyl (C=O) groups excluding carboxylic acids is 2. The Morgan fingerprint density at radius 3 is 1.26 bits per heavy atom. The van der Waals surface area contributed by atoms with E-state index in [4.69, 9.17) is 42.6 Å². The molecule has 0 N–H and O–H groups in total. The first-order valence-electron chi connectivity index (χ1n) is 16.0. The average Bonchev–Trinajstić information content (AvgIpc) is 3.61. The predicted molar refractivity (Wildman–Crippen MR) is 166 cm³/mol. The van der Waals surface area contributed by atoms with E-state index in [1.54, 1.807) is 10.9 Å².